The van der Waals surface area contributed by atoms with Crippen LogP contribution >= 0.6 is 11.8 Å². The van der Waals surface area contributed by atoms with Gasteiger partial charge in [0.2, 0.25) is 21.7 Å². The van der Waals surface area contributed by atoms with Gasteiger partial charge in [0, 0.05) is 24.8 Å². The minimum absolute atomic E-state index is 0.197. The zero-order valence-corrected chi connectivity index (χ0v) is 18.2. The quantitative estimate of drug-likeness (QED) is 0.522. The van der Waals surface area contributed by atoms with E-state index in [1.54, 1.807) is 31.2 Å². The number of nitrogens with zero attached hydrogens (tertiary/aromatic N) is 4. The molecule has 0 spiro atoms. The van der Waals surface area contributed by atoms with Crippen LogP contribution in [0.25, 0.3) is 11.4 Å². The summed E-state index contributed by atoms with van der Waals surface area (Å²) >= 11 is 1.37. The van der Waals surface area contributed by atoms with Gasteiger partial charge >= 0.3 is 0 Å². The third-order valence-corrected chi connectivity index (χ3v) is 7.85. The Morgan fingerprint density at radius 3 is 2.63 bits per heavy atom. The minimum atomic E-state index is -3.48. The highest BCUT2D eigenvalue weighted by atomic mass is 32.2. The number of thioether (sulfide) groups is 1. The van der Waals surface area contributed by atoms with Gasteiger partial charge in [0.05, 0.1) is 10.3 Å². The molecular formula is C20H21FN4O3S2. The molecule has 3 heterocycles. The van der Waals surface area contributed by atoms with Crippen molar-refractivity contribution in [1.82, 2.24) is 19.4 Å². The van der Waals surface area contributed by atoms with Crippen molar-refractivity contribution in [3.05, 3.63) is 53.8 Å². The Hall–Kier alpha value is -2.30. The summed E-state index contributed by atoms with van der Waals surface area (Å²) in [6.45, 7) is 4.68. The SMILES string of the molecule is Cc1ccc(-c2noc([C@H](C)Sc3ccc(S(=O)(=O)N4CCCC4)cn3)n2)cc1F. The molecule has 1 aliphatic heterocycles. The largest absolute Gasteiger partial charge is 0.338 e. The molecular weight excluding hydrogens is 427 g/mol. The van der Waals surface area contributed by atoms with Gasteiger partial charge in [-0.2, -0.15) is 9.29 Å². The fourth-order valence-corrected chi connectivity index (χ4v) is 5.43. The normalized spacial score (nSPS) is 16.1. The summed E-state index contributed by atoms with van der Waals surface area (Å²) in [5, 5.41) is 4.37. The first-order valence-electron chi connectivity index (χ1n) is 9.57. The third kappa shape index (κ3) is 4.26. The van der Waals surface area contributed by atoms with E-state index in [1.807, 2.05) is 6.92 Å². The van der Waals surface area contributed by atoms with Gasteiger partial charge in [0.1, 0.15) is 10.7 Å². The first kappa shape index (κ1) is 21.0. The first-order valence-corrected chi connectivity index (χ1v) is 11.9. The van der Waals surface area contributed by atoms with E-state index in [1.165, 1.54) is 28.3 Å². The fourth-order valence-electron chi connectivity index (χ4n) is 3.15. The van der Waals surface area contributed by atoms with Crippen LogP contribution in [0, 0.1) is 12.7 Å². The third-order valence-electron chi connectivity index (χ3n) is 4.93. The van der Waals surface area contributed by atoms with Gasteiger partial charge in [-0.3, -0.25) is 0 Å². The van der Waals surface area contributed by atoms with Gasteiger partial charge in [0.25, 0.3) is 0 Å². The maximum Gasteiger partial charge on any atom is 0.244 e. The van der Waals surface area contributed by atoms with E-state index in [0.717, 1.165) is 12.8 Å². The molecule has 0 saturated carbocycles. The van der Waals surface area contributed by atoms with Crippen molar-refractivity contribution in [3.8, 4) is 11.4 Å². The lowest BCUT2D eigenvalue weighted by Crippen LogP contribution is -2.27. The van der Waals surface area contributed by atoms with Gasteiger partial charge in [-0.1, -0.05) is 29.1 Å². The summed E-state index contributed by atoms with van der Waals surface area (Å²) < 4.78 is 45.8. The number of aryl methyl sites for hydroxylation is 1. The van der Waals surface area contributed by atoms with Gasteiger partial charge < -0.3 is 4.52 Å². The molecule has 0 aliphatic carbocycles. The molecule has 3 aromatic rings. The number of hydrogen-bond acceptors (Lipinski definition) is 7. The van der Waals surface area contributed by atoms with E-state index in [-0.39, 0.29) is 16.0 Å². The van der Waals surface area contributed by atoms with E-state index in [0.29, 0.717) is 41.0 Å². The van der Waals surface area contributed by atoms with Crippen LogP contribution in [0.3, 0.4) is 0 Å². The summed E-state index contributed by atoms with van der Waals surface area (Å²) in [5.74, 6) is 0.373. The fraction of sp³-hybridized carbons (Fsp3) is 0.350. The standard InChI is InChI=1S/C20H21FN4O3S2/c1-13-5-6-15(11-17(13)21)19-23-20(28-24-19)14(2)29-18-8-7-16(12-22-18)30(26,27)25-9-3-4-10-25/h5-8,11-12,14H,3-4,9-10H2,1-2H3/t14-/m0/s1. The molecule has 1 saturated heterocycles. The van der Waals surface area contributed by atoms with Gasteiger partial charge in [-0.05, 0) is 50.5 Å². The van der Waals surface area contributed by atoms with Crippen molar-refractivity contribution in [3.63, 3.8) is 0 Å². The van der Waals surface area contributed by atoms with Crippen LogP contribution in [0.4, 0.5) is 4.39 Å². The minimum Gasteiger partial charge on any atom is -0.338 e. The average molecular weight is 449 g/mol. The average Bonchev–Trinajstić information content (AvgIpc) is 3.43. The monoisotopic (exact) mass is 448 g/mol. The van der Waals surface area contributed by atoms with E-state index in [4.69, 9.17) is 4.52 Å². The number of rotatable bonds is 6. The molecule has 1 aromatic carbocycles. The maximum absolute atomic E-state index is 13.8. The molecule has 0 bridgehead atoms. The Morgan fingerprint density at radius 1 is 1.20 bits per heavy atom. The molecule has 1 aliphatic rings. The summed E-state index contributed by atoms with van der Waals surface area (Å²) in [6.07, 6.45) is 3.16. The molecule has 158 valence electrons. The van der Waals surface area contributed by atoms with Crippen molar-refractivity contribution < 1.29 is 17.3 Å². The highest BCUT2D eigenvalue weighted by molar-refractivity contribution is 7.99. The van der Waals surface area contributed by atoms with E-state index in [2.05, 4.69) is 15.1 Å². The number of aromatic nitrogens is 3. The van der Waals surface area contributed by atoms with Crippen LogP contribution in [0.2, 0.25) is 0 Å². The Morgan fingerprint density at radius 2 is 1.97 bits per heavy atom. The lowest BCUT2D eigenvalue weighted by atomic mass is 10.1. The second kappa shape index (κ2) is 8.44. The Balaban J connectivity index is 1.46. The van der Waals surface area contributed by atoms with Crippen molar-refractivity contribution in [2.24, 2.45) is 0 Å². The summed E-state index contributed by atoms with van der Waals surface area (Å²) in [4.78, 5) is 8.84. The smallest absolute Gasteiger partial charge is 0.244 e. The molecule has 0 unspecified atom stereocenters. The van der Waals surface area contributed by atoms with Crippen molar-refractivity contribution >= 4 is 21.8 Å². The summed E-state index contributed by atoms with van der Waals surface area (Å²) in [7, 11) is -3.48. The number of halogens is 1. The number of benzene rings is 1. The molecule has 0 radical (unpaired) electrons. The summed E-state index contributed by atoms with van der Waals surface area (Å²) in [5.41, 5.74) is 1.09. The van der Waals surface area contributed by atoms with Crippen LogP contribution in [-0.2, 0) is 10.0 Å². The summed E-state index contributed by atoms with van der Waals surface area (Å²) in [6, 6.07) is 8.04. The van der Waals surface area contributed by atoms with E-state index < -0.39 is 10.0 Å². The molecule has 2 aromatic heterocycles. The second-order valence-corrected chi connectivity index (χ2v) is 10.4. The lowest BCUT2D eigenvalue weighted by molar-refractivity contribution is 0.380. The van der Waals surface area contributed by atoms with E-state index in [9.17, 15) is 12.8 Å². The number of pyridine rings is 1. The van der Waals surface area contributed by atoms with Gasteiger partial charge in [0.15, 0.2) is 0 Å². The molecule has 10 heteroatoms. The molecule has 4 rings (SSSR count). The number of hydrogen-bond donors (Lipinski definition) is 0. The van der Waals surface area contributed by atoms with Gasteiger partial charge in [-0.15, -0.1) is 0 Å². The van der Waals surface area contributed by atoms with Crippen LogP contribution in [-0.4, -0.2) is 40.9 Å². The topological polar surface area (TPSA) is 89.2 Å². The Labute approximate surface area is 178 Å². The lowest BCUT2D eigenvalue weighted by Gasteiger charge is -2.15. The predicted molar refractivity (Wildman–Crippen MR) is 111 cm³/mol. The molecule has 1 atom stereocenters. The highest BCUT2D eigenvalue weighted by Crippen LogP contribution is 2.34. The van der Waals surface area contributed by atoms with E-state index >= 15 is 0 Å². The zero-order chi connectivity index (χ0) is 21.3. The zero-order valence-electron chi connectivity index (χ0n) is 16.6. The first-order chi connectivity index (χ1) is 14.3. The Kier molecular flexibility index (Phi) is 5.90. The van der Waals surface area contributed by atoms with Crippen molar-refractivity contribution in [2.45, 2.75) is 41.9 Å². The molecule has 7 nitrogen and oxygen atoms in total. The predicted octanol–water partition coefficient (Wildman–Crippen LogP) is 4.22. The molecule has 30 heavy (non-hydrogen) atoms. The maximum atomic E-state index is 13.8. The highest BCUT2D eigenvalue weighted by Gasteiger charge is 2.27. The number of sulfonamides is 1. The van der Waals surface area contributed by atoms with Crippen molar-refractivity contribution in [2.75, 3.05) is 13.1 Å². The van der Waals surface area contributed by atoms with Crippen LogP contribution in [0.1, 0.15) is 36.5 Å². The molecule has 1 fully saturated rings. The molecule has 0 N–H and O–H groups in total. The van der Waals surface area contributed by atoms with Crippen molar-refractivity contribution in [1.29, 1.82) is 0 Å². The van der Waals surface area contributed by atoms with Crippen LogP contribution < -0.4 is 0 Å². The van der Waals surface area contributed by atoms with Crippen LogP contribution in [0.5, 0.6) is 0 Å². The second-order valence-electron chi connectivity index (χ2n) is 7.12. The molecule has 0 amide bonds. The van der Waals surface area contributed by atoms with Gasteiger partial charge in [-0.25, -0.2) is 17.8 Å². The van der Waals surface area contributed by atoms with Crippen LogP contribution in [0.15, 0.2) is 51.0 Å². The Bertz CT molecular complexity index is 1140.